The molecule has 0 saturated heterocycles. The fourth-order valence-corrected chi connectivity index (χ4v) is 3.17. The number of aromatic amines is 1. The molecule has 2 heterocycles. The van der Waals surface area contributed by atoms with Crippen LogP contribution in [0.2, 0.25) is 0 Å². The largest absolute Gasteiger partial charge is 0.454 e. The predicted molar refractivity (Wildman–Crippen MR) is 103 cm³/mol. The van der Waals surface area contributed by atoms with E-state index in [1.165, 1.54) is 12.1 Å². The first-order valence-electron chi connectivity index (χ1n) is 9.15. The zero-order valence-electron chi connectivity index (χ0n) is 15.4. The summed E-state index contributed by atoms with van der Waals surface area (Å²) in [7, 11) is 0. The number of aromatic nitrogens is 2. The molecule has 1 amide bonds. The van der Waals surface area contributed by atoms with Crippen molar-refractivity contribution in [2.45, 2.75) is 26.2 Å². The van der Waals surface area contributed by atoms with E-state index in [1.54, 1.807) is 12.1 Å². The third-order valence-electron chi connectivity index (χ3n) is 4.53. The van der Waals surface area contributed by atoms with Gasteiger partial charge in [-0.05, 0) is 42.3 Å². The van der Waals surface area contributed by atoms with Crippen LogP contribution < -0.4 is 14.8 Å². The molecule has 0 fully saturated rings. The van der Waals surface area contributed by atoms with E-state index in [0.717, 1.165) is 29.7 Å². The number of fused-ring (bicyclic) bond motifs is 1. The van der Waals surface area contributed by atoms with Gasteiger partial charge in [-0.25, -0.2) is 4.39 Å². The summed E-state index contributed by atoms with van der Waals surface area (Å²) in [6.45, 7) is 2.26. The van der Waals surface area contributed by atoms with Crippen molar-refractivity contribution < 1.29 is 18.7 Å². The van der Waals surface area contributed by atoms with Crippen molar-refractivity contribution >= 4 is 11.6 Å². The fraction of sp³-hybridized carbons (Fsp3) is 0.238. The van der Waals surface area contributed by atoms with Crippen molar-refractivity contribution in [3.05, 3.63) is 59.5 Å². The standard InChI is InChI=1S/C21H20FN3O3/c1-2-3-16-21(23-19(26)10-13-4-7-15(22)8-5-13)20(25-24-16)14-6-9-17-18(11-14)28-12-27-17/h4-9,11H,2-3,10,12H2,1H3,(H,23,26)(H,24,25). The Morgan fingerprint density at radius 3 is 2.75 bits per heavy atom. The Labute approximate surface area is 161 Å². The zero-order valence-corrected chi connectivity index (χ0v) is 15.4. The van der Waals surface area contributed by atoms with Gasteiger partial charge in [-0.3, -0.25) is 9.89 Å². The van der Waals surface area contributed by atoms with Crippen LogP contribution in [0.4, 0.5) is 10.1 Å². The fourth-order valence-electron chi connectivity index (χ4n) is 3.17. The average Bonchev–Trinajstić information content (AvgIpc) is 3.30. The van der Waals surface area contributed by atoms with Crippen LogP contribution in [0.3, 0.4) is 0 Å². The van der Waals surface area contributed by atoms with Crippen LogP contribution in [0.1, 0.15) is 24.6 Å². The van der Waals surface area contributed by atoms with Gasteiger partial charge in [0.25, 0.3) is 0 Å². The summed E-state index contributed by atoms with van der Waals surface area (Å²) in [5, 5.41) is 10.4. The molecule has 1 aliphatic heterocycles. The number of hydrogen-bond donors (Lipinski definition) is 2. The van der Waals surface area contributed by atoms with Gasteiger partial charge >= 0.3 is 0 Å². The predicted octanol–water partition coefficient (Wildman–Crippen LogP) is 4.08. The molecule has 28 heavy (non-hydrogen) atoms. The van der Waals surface area contributed by atoms with Crippen molar-refractivity contribution in [2.24, 2.45) is 0 Å². The van der Waals surface area contributed by atoms with E-state index in [-0.39, 0.29) is 24.9 Å². The number of aryl methyl sites for hydroxylation is 1. The van der Waals surface area contributed by atoms with Gasteiger partial charge in [0.15, 0.2) is 11.5 Å². The molecule has 0 bridgehead atoms. The second-order valence-electron chi connectivity index (χ2n) is 6.60. The number of amides is 1. The molecule has 0 radical (unpaired) electrons. The van der Waals surface area contributed by atoms with E-state index < -0.39 is 0 Å². The summed E-state index contributed by atoms with van der Waals surface area (Å²) >= 11 is 0. The van der Waals surface area contributed by atoms with Crippen molar-refractivity contribution in [1.29, 1.82) is 0 Å². The number of ether oxygens (including phenoxy) is 2. The molecule has 7 heteroatoms. The summed E-state index contributed by atoms with van der Waals surface area (Å²) < 4.78 is 23.9. The Morgan fingerprint density at radius 1 is 1.18 bits per heavy atom. The highest BCUT2D eigenvalue weighted by Crippen LogP contribution is 2.38. The highest BCUT2D eigenvalue weighted by Gasteiger charge is 2.20. The Kier molecular flexibility index (Phi) is 4.97. The van der Waals surface area contributed by atoms with Gasteiger partial charge in [-0.2, -0.15) is 5.10 Å². The number of nitrogens with zero attached hydrogens (tertiary/aromatic N) is 1. The molecule has 0 unspecified atom stereocenters. The molecular formula is C21H20FN3O3. The maximum absolute atomic E-state index is 13.1. The van der Waals surface area contributed by atoms with Crippen LogP contribution in [-0.2, 0) is 17.6 Å². The van der Waals surface area contributed by atoms with E-state index in [0.29, 0.717) is 22.9 Å². The van der Waals surface area contributed by atoms with Crippen LogP contribution in [-0.4, -0.2) is 22.9 Å². The van der Waals surface area contributed by atoms with Crippen LogP contribution in [0.5, 0.6) is 11.5 Å². The molecule has 6 nitrogen and oxygen atoms in total. The molecule has 1 aromatic heterocycles. The Hall–Kier alpha value is -3.35. The topological polar surface area (TPSA) is 76.2 Å². The minimum atomic E-state index is -0.325. The minimum Gasteiger partial charge on any atom is -0.454 e. The second kappa shape index (κ2) is 7.72. The monoisotopic (exact) mass is 381 g/mol. The molecule has 2 N–H and O–H groups in total. The highest BCUT2D eigenvalue weighted by molar-refractivity contribution is 5.96. The number of carbonyl (C=O) groups is 1. The summed E-state index contributed by atoms with van der Waals surface area (Å²) in [6.07, 6.45) is 1.81. The summed E-state index contributed by atoms with van der Waals surface area (Å²) in [5.41, 5.74) is 3.73. The second-order valence-corrected chi connectivity index (χ2v) is 6.60. The van der Waals surface area contributed by atoms with Gasteiger partial charge in [-0.1, -0.05) is 25.5 Å². The molecule has 3 aromatic rings. The van der Waals surface area contributed by atoms with E-state index in [2.05, 4.69) is 22.4 Å². The molecule has 144 valence electrons. The van der Waals surface area contributed by atoms with Gasteiger partial charge in [-0.15, -0.1) is 0 Å². The SMILES string of the molecule is CCCc1[nH]nc(-c2ccc3c(c2)OCO3)c1NC(=O)Cc1ccc(F)cc1. The number of rotatable bonds is 6. The zero-order chi connectivity index (χ0) is 19.5. The summed E-state index contributed by atoms with van der Waals surface area (Å²) in [5.74, 6) is 0.831. The van der Waals surface area contributed by atoms with Gasteiger partial charge in [0, 0.05) is 5.56 Å². The number of carbonyl (C=O) groups excluding carboxylic acids is 1. The maximum Gasteiger partial charge on any atom is 0.231 e. The van der Waals surface area contributed by atoms with E-state index in [4.69, 9.17) is 9.47 Å². The molecule has 2 aromatic carbocycles. The molecular weight excluding hydrogens is 361 g/mol. The molecule has 0 saturated carbocycles. The van der Waals surface area contributed by atoms with Crippen LogP contribution in [0.25, 0.3) is 11.3 Å². The van der Waals surface area contributed by atoms with E-state index >= 15 is 0 Å². The first kappa shape index (κ1) is 18.0. The van der Waals surface area contributed by atoms with Gasteiger partial charge < -0.3 is 14.8 Å². The number of halogens is 1. The van der Waals surface area contributed by atoms with Crippen LogP contribution in [0, 0.1) is 5.82 Å². The lowest BCUT2D eigenvalue weighted by atomic mass is 10.1. The van der Waals surface area contributed by atoms with Crippen LogP contribution in [0.15, 0.2) is 42.5 Å². The smallest absolute Gasteiger partial charge is 0.231 e. The summed E-state index contributed by atoms with van der Waals surface area (Å²) in [6, 6.07) is 11.5. The summed E-state index contributed by atoms with van der Waals surface area (Å²) in [4.78, 5) is 12.6. The number of benzene rings is 2. The van der Waals surface area contributed by atoms with E-state index in [9.17, 15) is 9.18 Å². The number of hydrogen-bond acceptors (Lipinski definition) is 4. The van der Waals surface area contributed by atoms with Crippen molar-refractivity contribution in [2.75, 3.05) is 12.1 Å². The Balaban J connectivity index is 1.60. The lowest BCUT2D eigenvalue weighted by Gasteiger charge is -2.09. The average molecular weight is 381 g/mol. The third-order valence-corrected chi connectivity index (χ3v) is 4.53. The first-order chi connectivity index (χ1) is 13.6. The van der Waals surface area contributed by atoms with Crippen molar-refractivity contribution in [3.63, 3.8) is 0 Å². The van der Waals surface area contributed by atoms with Gasteiger partial charge in [0.05, 0.1) is 17.8 Å². The molecule has 0 spiro atoms. The molecule has 0 atom stereocenters. The molecule has 0 aliphatic carbocycles. The minimum absolute atomic E-state index is 0.150. The highest BCUT2D eigenvalue weighted by atomic mass is 19.1. The normalized spacial score (nSPS) is 12.2. The third kappa shape index (κ3) is 3.69. The van der Waals surface area contributed by atoms with Crippen molar-refractivity contribution in [1.82, 2.24) is 10.2 Å². The number of anilines is 1. The van der Waals surface area contributed by atoms with Gasteiger partial charge in [0.2, 0.25) is 12.7 Å². The first-order valence-corrected chi connectivity index (χ1v) is 9.15. The number of H-pyrrole nitrogens is 1. The molecule has 4 rings (SSSR count). The Morgan fingerprint density at radius 2 is 1.96 bits per heavy atom. The lowest BCUT2D eigenvalue weighted by molar-refractivity contribution is -0.115. The molecule has 1 aliphatic rings. The maximum atomic E-state index is 13.1. The van der Waals surface area contributed by atoms with Crippen LogP contribution >= 0.6 is 0 Å². The van der Waals surface area contributed by atoms with Gasteiger partial charge in [0.1, 0.15) is 11.5 Å². The lowest BCUT2D eigenvalue weighted by Crippen LogP contribution is -2.15. The van der Waals surface area contributed by atoms with E-state index in [1.807, 2.05) is 18.2 Å². The van der Waals surface area contributed by atoms with Crippen molar-refractivity contribution in [3.8, 4) is 22.8 Å². The Bertz CT molecular complexity index is 999. The quantitative estimate of drug-likeness (QED) is 0.675. The number of nitrogens with one attached hydrogen (secondary N) is 2.